The van der Waals surface area contributed by atoms with Crippen molar-refractivity contribution in [3.8, 4) is 5.75 Å². The molecule has 0 aliphatic rings. The van der Waals surface area contributed by atoms with Crippen LogP contribution in [0.15, 0.2) is 16.3 Å². The molecule has 0 radical (unpaired) electrons. The second kappa shape index (κ2) is 11.2. The van der Waals surface area contributed by atoms with Gasteiger partial charge in [0.05, 0.1) is 6.20 Å². The van der Waals surface area contributed by atoms with Crippen LogP contribution in [0.3, 0.4) is 0 Å². The largest absolute Gasteiger partial charge is 0.480 e. The molecule has 0 amide bonds. The van der Waals surface area contributed by atoms with Crippen LogP contribution in [0.25, 0.3) is 0 Å². The molecule has 24 heavy (non-hydrogen) atoms. The second-order valence-corrected chi connectivity index (χ2v) is 5.44. The molecule has 1 aromatic heterocycles. The molecule has 0 bridgehead atoms. The lowest BCUT2D eigenvalue weighted by Crippen LogP contribution is -2.26. The van der Waals surface area contributed by atoms with Gasteiger partial charge in [-0.05, 0) is 12.8 Å². The first-order chi connectivity index (χ1) is 11.6. The maximum atomic E-state index is 5.76. The Hall–Kier alpha value is -2.38. The second-order valence-electron chi connectivity index (χ2n) is 5.44. The van der Waals surface area contributed by atoms with Gasteiger partial charge in [-0.2, -0.15) is 10.1 Å². The first-order valence-electron chi connectivity index (χ1n) is 8.33. The minimum Gasteiger partial charge on any atom is -0.480 e. The number of ether oxygens (including phenoxy) is 1. The van der Waals surface area contributed by atoms with Gasteiger partial charge in [-0.3, -0.25) is 10.4 Å². The molecule has 8 nitrogen and oxygen atoms in total. The molecule has 1 rings (SSSR count). The van der Waals surface area contributed by atoms with Crippen LogP contribution in [-0.2, 0) is 0 Å². The lowest BCUT2D eigenvalue weighted by molar-refractivity contribution is 0.370. The summed E-state index contributed by atoms with van der Waals surface area (Å²) in [5.74, 6) is 1.92. The molecule has 8 heteroatoms. The molecule has 134 valence electrons. The minimum atomic E-state index is 0.213. The summed E-state index contributed by atoms with van der Waals surface area (Å²) in [5.41, 5.74) is 8.41. The van der Waals surface area contributed by atoms with Crippen LogP contribution in [0.4, 0.5) is 11.8 Å². The lowest BCUT2D eigenvalue weighted by Gasteiger charge is -2.20. The SMILES string of the molecule is C=NNC(COc1cnc(N)nc1NC(CCC)CCCC)=NC. The molecular weight excluding hydrogens is 306 g/mol. The maximum absolute atomic E-state index is 5.76. The highest BCUT2D eigenvalue weighted by atomic mass is 16.5. The van der Waals surface area contributed by atoms with Crippen LogP contribution in [0.1, 0.15) is 46.0 Å². The van der Waals surface area contributed by atoms with E-state index in [4.69, 9.17) is 10.5 Å². The van der Waals surface area contributed by atoms with Crippen LogP contribution in [0, 0.1) is 0 Å². The Labute approximate surface area is 144 Å². The van der Waals surface area contributed by atoms with E-state index in [1.807, 2.05) is 0 Å². The number of unbranched alkanes of at least 4 members (excludes halogenated alkanes) is 1. The van der Waals surface area contributed by atoms with Gasteiger partial charge in [0.2, 0.25) is 5.95 Å². The van der Waals surface area contributed by atoms with Crippen molar-refractivity contribution in [3.05, 3.63) is 6.20 Å². The van der Waals surface area contributed by atoms with E-state index in [2.05, 4.69) is 51.4 Å². The number of nitrogens with one attached hydrogen (secondary N) is 2. The first kappa shape index (κ1) is 19.7. The van der Waals surface area contributed by atoms with Crippen molar-refractivity contribution < 1.29 is 4.74 Å². The molecule has 0 spiro atoms. The maximum Gasteiger partial charge on any atom is 0.222 e. The fourth-order valence-electron chi connectivity index (χ4n) is 2.26. The fraction of sp³-hybridized carbons (Fsp3) is 0.625. The number of amidine groups is 1. The normalized spacial score (nSPS) is 12.5. The van der Waals surface area contributed by atoms with E-state index in [0.29, 0.717) is 23.4 Å². The zero-order valence-corrected chi connectivity index (χ0v) is 14.9. The third kappa shape index (κ3) is 6.80. The van der Waals surface area contributed by atoms with Crippen molar-refractivity contribution in [2.75, 3.05) is 24.7 Å². The quantitative estimate of drug-likeness (QED) is 0.325. The molecule has 0 aliphatic carbocycles. The minimum absolute atomic E-state index is 0.213. The molecule has 0 saturated heterocycles. The van der Waals surface area contributed by atoms with Gasteiger partial charge in [0.15, 0.2) is 17.4 Å². The van der Waals surface area contributed by atoms with E-state index in [1.165, 1.54) is 0 Å². The van der Waals surface area contributed by atoms with Gasteiger partial charge < -0.3 is 15.8 Å². The zero-order chi connectivity index (χ0) is 17.8. The molecule has 1 unspecified atom stereocenters. The highest BCUT2D eigenvalue weighted by molar-refractivity contribution is 5.83. The van der Waals surface area contributed by atoms with Crippen molar-refractivity contribution in [1.29, 1.82) is 0 Å². The van der Waals surface area contributed by atoms with Crippen LogP contribution in [-0.4, -0.2) is 42.2 Å². The molecule has 4 N–H and O–H groups in total. The van der Waals surface area contributed by atoms with Crippen molar-refractivity contribution in [3.63, 3.8) is 0 Å². The number of hydrazone groups is 1. The van der Waals surface area contributed by atoms with Crippen molar-refractivity contribution in [2.24, 2.45) is 10.1 Å². The summed E-state index contributed by atoms with van der Waals surface area (Å²) >= 11 is 0. The first-order valence-corrected chi connectivity index (χ1v) is 8.33. The standard InChI is InChI=1S/C16H29N7O/c1-5-7-9-12(8-6-2)21-15-13(10-20-16(17)22-15)24-11-14(18-3)23-19-4/h10,12H,4-9,11H2,1-3H3,(H,18,23)(H3,17,20,21,22). The summed E-state index contributed by atoms with van der Waals surface area (Å²) in [6.45, 7) is 7.94. The summed E-state index contributed by atoms with van der Waals surface area (Å²) in [4.78, 5) is 12.3. The molecule has 1 aromatic rings. The summed E-state index contributed by atoms with van der Waals surface area (Å²) in [6.07, 6.45) is 7.13. The molecule has 0 saturated carbocycles. The molecule has 1 heterocycles. The van der Waals surface area contributed by atoms with Crippen molar-refractivity contribution in [1.82, 2.24) is 15.4 Å². The molecule has 0 fully saturated rings. The summed E-state index contributed by atoms with van der Waals surface area (Å²) in [6, 6.07) is 0.332. The van der Waals surface area contributed by atoms with E-state index < -0.39 is 0 Å². The Bertz CT molecular complexity index is 533. The number of nitrogens with two attached hydrogens (primary N) is 1. The van der Waals surface area contributed by atoms with Gasteiger partial charge in [0, 0.05) is 19.8 Å². The fourth-order valence-corrected chi connectivity index (χ4v) is 2.26. The van der Waals surface area contributed by atoms with Crippen LogP contribution < -0.4 is 21.2 Å². The van der Waals surface area contributed by atoms with Crippen molar-refractivity contribution in [2.45, 2.75) is 52.0 Å². The highest BCUT2D eigenvalue weighted by Gasteiger charge is 2.14. The number of nitrogen functional groups attached to an aromatic ring is 1. The van der Waals surface area contributed by atoms with Gasteiger partial charge in [-0.25, -0.2) is 4.98 Å². The number of nitrogens with zero attached hydrogens (tertiary/aromatic N) is 4. The summed E-state index contributed by atoms with van der Waals surface area (Å²) in [5, 5.41) is 7.03. The van der Waals surface area contributed by atoms with Gasteiger partial charge in [-0.15, -0.1) is 0 Å². The summed E-state index contributed by atoms with van der Waals surface area (Å²) < 4.78 is 5.76. The Kier molecular flexibility index (Phi) is 9.18. The van der Waals surface area contributed by atoms with E-state index in [-0.39, 0.29) is 12.6 Å². The van der Waals surface area contributed by atoms with Gasteiger partial charge in [0.25, 0.3) is 0 Å². The predicted octanol–water partition coefficient (Wildman–Crippen LogP) is 2.44. The molecular formula is C16H29N7O. The van der Waals surface area contributed by atoms with Gasteiger partial charge >= 0.3 is 0 Å². The Morgan fingerprint density at radius 3 is 2.79 bits per heavy atom. The van der Waals surface area contributed by atoms with E-state index in [0.717, 1.165) is 32.1 Å². The monoisotopic (exact) mass is 335 g/mol. The van der Waals surface area contributed by atoms with E-state index in [1.54, 1.807) is 13.2 Å². The van der Waals surface area contributed by atoms with Crippen LogP contribution >= 0.6 is 0 Å². The Balaban J connectivity index is 2.84. The van der Waals surface area contributed by atoms with E-state index in [9.17, 15) is 0 Å². The predicted molar refractivity (Wildman–Crippen MR) is 99.8 cm³/mol. The van der Waals surface area contributed by atoms with Crippen LogP contribution in [0.2, 0.25) is 0 Å². The zero-order valence-electron chi connectivity index (χ0n) is 14.9. The smallest absolute Gasteiger partial charge is 0.222 e. The Morgan fingerprint density at radius 2 is 2.17 bits per heavy atom. The average molecular weight is 335 g/mol. The highest BCUT2D eigenvalue weighted by Crippen LogP contribution is 2.24. The lowest BCUT2D eigenvalue weighted by atomic mass is 10.1. The number of rotatable bonds is 11. The number of hydrogen-bond donors (Lipinski definition) is 3. The molecule has 1 atom stereocenters. The molecule has 0 aromatic carbocycles. The molecule has 0 aliphatic heterocycles. The average Bonchev–Trinajstić information content (AvgIpc) is 2.58. The van der Waals surface area contributed by atoms with Gasteiger partial charge in [0.1, 0.15) is 6.61 Å². The third-order valence-electron chi connectivity index (χ3n) is 3.50. The summed E-state index contributed by atoms with van der Waals surface area (Å²) in [7, 11) is 1.65. The Morgan fingerprint density at radius 1 is 1.38 bits per heavy atom. The van der Waals surface area contributed by atoms with Crippen LogP contribution in [0.5, 0.6) is 5.75 Å². The topological polar surface area (TPSA) is 110 Å². The number of hydrogen-bond acceptors (Lipinski definition) is 7. The van der Waals surface area contributed by atoms with Gasteiger partial charge in [-0.1, -0.05) is 33.1 Å². The number of aromatic nitrogens is 2. The number of anilines is 2. The van der Waals surface area contributed by atoms with Crippen molar-refractivity contribution >= 4 is 24.3 Å². The van der Waals surface area contributed by atoms with E-state index >= 15 is 0 Å². The number of aliphatic imine (C=N–C) groups is 1. The third-order valence-corrected chi connectivity index (χ3v) is 3.50.